The number of carboxylic acids is 1. The van der Waals surface area contributed by atoms with Crippen LogP contribution in [0.4, 0.5) is 11.4 Å². The third-order valence-corrected chi connectivity index (χ3v) is 2.60. The minimum atomic E-state index is -1.24. The van der Waals surface area contributed by atoms with Crippen molar-refractivity contribution in [2.45, 2.75) is 6.92 Å². The third-order valence-electron chi connectivity index (χ3n) is 2.60. The van der Waals surface area contributed by atoms with E-state index in [1.807, 2.05) is 6.07 Å². The lowest BCUT2D eigenvalue weighted by molar-refractivity contribution is -0.384. The van der Waals surface area contributed by atoms with E-state index in [0.29, 0.717) is 12.2 Å². The maximum atomic E-state index is 11.1. The number of anilines is 1. The number of hydrogen-bond donors (Lipinski definition) is 1. The van der Waals surface area contributed by atoms with E-state index < -0.39 is 10.9 Å². The molecule has 1 unspecified atom stereocenters. The van der Waals surface area contributed by atoms with E-state index in [0.717, 1.165) is 6.07 Å². The molecule has 0 spiro atoms. The quantitative estimate of drug-likeness (QED) is 0.642. The monoisotopic (exact) mass is 263 g/mol. The first-order valence-electron chi connectivity index (χ1n) is 5.49. The lowest BCUT2D eigenvalue weighted by atomic mass is 10.1. The molecule has 0 amide bonds. The number of rotatable bonds is 5. The van der Waals surface area contributed by atoms with Crippen LogP contribution in [0.1, 0.15) is 17.3 Å². The molecule has 19 heavy (non-hydrogen) atoms. The lowest BCUT2D eigenvalue weighted by Crippen LogP contribution is -2.25. The molecule has 0 bridgehead atoms. The van der Waals surface area contributed by atoms with Gasteiger partial charge < -0.3 is 10.0 Å². The fraction of sp³-hybridized carbons (Fsp3) is 0.333. The second-order valence-corrected chi connectivity index (χ2v) is 4.17. The van der Waals surface area contributed by atoms with Crippen LogP contribution in [0.25, 0.3) is 0 Å². The largest absolute Gasteiger partial charge is 0.478 e. The average Bonchev–Trinajstić information content (AvgIpc) is 2.37. The molecule has 0 fully saturated rings. The molecule has 0 saturated heterocycles. The fourth-order valence-electron chi connectivity index (χ4n) is 1.69. The van der Waals surface area contributed by atoms with Gasteiger partial charge in [-0.1, -0.05) is 0 Å². The van der Waals surface area contributed by atoms with Gasteiger partial charge in [-0.2, -0.15) is 5.26 Å². The van der Waals surface area contributed by atoms with Crippen molar-refractivity contribution in [2.24, 2.45) is 5.92 Å². The van der Waals surface area contributed by atoms with Crippen LogP contribution in [0.2, 0.25) is 0 Å². The highest BCUT2D eigenvalue weighted by molar-refractivity contribution is 5.95. The molecule has 0 aliphatic carbocycles. The van der Waals surface area contributed by atoms with Crippen LogP contribution in [0.15, 0.2) is 18.2 Å². The SMILES string of the molecule is CC(C#N)CN(C)c1ccc([N+](=O)[O-])cc1C(=O)O. The molecule has 0 aromatic heterocycles. The summed E-state index contributed by atoms with van der Waals surface area (Å²) in [5.41, 5.74) is -0.0788. The van der Waals surface area contributed by atoms with Gasteiger partial charge in [0.25, 0.3) is 5.69 Å². The van der Waals surface area contributed by atoms with Gasteiger partial charge in [0.2, 0.25) is 0 Å². The highest BCUT2D eigenvalue weighted by atomic mass is 16.6. The Labute approximate surface area is 109 Å². The van der Waals surface area contributed by atoms with Crippen LogP contribution in [0, 0.1) is 27.4 Å². The molecule has 0 aliphatic heterocycles. The molecule has 1 aromatic rings. The number of carbonyl (C=O) groups is 1. The summed E-state index contributed by atoms with van der Waals surface area (Å²) in [4.78, 5) is 22.7. The fourth-order valence-corrected chi connectivity index (χ4v) is 1.69. The Balaban J connectivity index is 3.17. The van der Waals surface area contributed by atoms with E-state index in [1.165, 1.54) is 12.1 Å². The summed E-state index contributed by atoms with van der Waals surface area (Å²) in [6.07, 6.45) is 0. The summed E-state index contributed by atoms with van der Waals surface area (Å²) in [5, 5.41) is 28.5. The molecule has 1 rings (SSSR count). The molecular weight excluding hydrogens is 250 g/mol. The number of nitriles is 1. The molecule has 1 N–H and O–H groups in total. The molecule has 1 atom stereocenters. The number of carboxylic acid groups (broad SMARTS) is 1. The predicted octanol–water partition coefficient (Wildman–Crippen LogP) is 1.89. The molecule has 7 nitrogen and oxygen atoms in total. The first-order chi connectivity index (χ1) is 8.86. The molecule has 0 saturated carbocycles. The van der Waals surface area contributed by atoms with Gasteiger partial charge >= 0.3 is 5.97 Å². The summed E-state index contributed by atoms with van der Waals surface area (Å²) < 4.78 is 0. The zero-order chi connectivity index (χ0) is 14.6. The number of aromatic carboxylic acids is 1. The van der Waals surface area contributed by atoms with Crippen molar-refractivity contribution in [2.75, 3.05) is 18.5 Å². The smallest absolute Gasteiger partial charge is 0.338 e. The van der Waals surface area contributed by atoms with Gasteiger partial charge in [-0.05, 0) is 13.0 Å². The highest BCUT2D eigenvalue weighted by Crippen LogP contribution is 2.25. The minimum absolute atomic E-state index is 0.151. The van der Waals surface area contributed by atoms with Crippen molar-refractivity contribution < 1.29 is 14.8 Å². The number of benzene rings is 1. The summed E-state index contributed by atoms with van der Waals surface area (Å²) in [7, 11) is 1.64. The van der Waals surface area contributed by atoms with Crippen LogP contribution in [0.5, 0.6) is 0 Å². The lowest BCUT2D eigenvalue weighted by Gasteiger charge is -2.22. The van der Waals surface area contributed by atoms with Gasteiger partial charge in [-0.3, -0.25) is 10.1 Å². The molecule has 100 valence electrons. The topological polar surface area (TPSA) is 107 Å². The van der Waals surface area contributed by atoms with Crippen molar-refractivity contribution in [3.8, 4) is 6.07 Å². The van der Waals surface area contributed by atoms with Crippen molar-refractivity contribution >= 4 is 17.3 Å². The Morgan fingerprint density at radius 2 is 2.26 bits per heavy atom. The molecule has 7 heteroatoms. The van der Waals surface area contributed by atoms with Crippen LogP contribution >= 0.6 is 0 Å². The maximum Gasteiger partial charge on any atom is 0.338 e. The summed E-state index contributed by atoms with van der Waals surface area (Å²) >= 11 is 0. The Hall–Kier alpha value is -2.62. The van der Waals surface area contributed by atoms with E-state index in [2.05, 4.69) is 0 Å². The first-order valence-corrected chi connectivity index (χ1v) is 5.49. The molecular formula is C12H13N3O4. The van der Waals surface area contributed by atoms with Crippen LogP contribution in [-0.2, 0) is 0 Å². The zero-order valence-corrected chi connectivity index (χ0v) is 10.5. The molecule has 1 aromatic carbocycles. The zero-order valence-electron chi connectivity index (χ0n) is 10.5. The number of non-ortho nitro benzene ring substituents is 1. The normalized spacial score (nSPS) is 11.4. The Bertz CT molecular complexity index is 550. The molecule has 0 aliphatic rings. The van der Waals surface area contributed by atoms with Crippen molar-refractivity contribution in [1.82, 2.24) is 0 Å². The second-order valence-electron chi connectivity index (χ2n) is 4.17. The van der Waals surface area contributed by atoms with Gasteiger partial charge in [0.05, 0.1) is 28.2 Å². The second kappa shape index (κ2) is 5.82. The highest BCUT2D eigenvalue weighted by Gasteiger charge is 2.19. The number of nitro benzene ring substituents is 1. The number of hydrogen-bond acceptors (Lipinski definition) is 5. The minimum Gasteiger partial charge on any atom is -0.478 e. The van der Waals surface area contributed by atoms with E-state index in [9.17, 15) is 14.9 Å². The number of nitro groups is 1. The van der Waals surface area contributed by atoms with Gasteiger partial charge in [0.1, 0.15) is 0 Å². The Kier molecular flexibility index (Phi) is 4.42. The van der Waals surface area contributed by atoms with E-state index in [4.69, 9.17) is 10.4 Å². The van der Waals surface area contributed by atoms with E-state index >= 15 is 0 Å². The van der Waals surface area contributed by atoms with E-state index in [-0.39, 0.29) is 17.2 Å². The van der Waals surface area contributed by atoms with Crippen LogP contribution < -0.4 is 4.90 Å². The Morgan fingerprint density at radius 3 is 2.74 bits per heavy atom. The van der Waals surface area contributed by atoms with Crippen LogP contribution in [0.3, 0.4) is 0 Å². The standard InChI is InChI=1S/C12H13N3O4/c1-8(6-13)7-14(2)11-4-3-9(15(18)19)5-10(11)12(16)17/h3-5,8H,7H2,1-2H3,(H,16,17). The van der Waals surface area contributed by atoms with Crippen LogP contribution in [-0.4, -0.2) is 29.6 Å². The van der Waals surface area contributed by atoms with Gasteiger partial charge in [-0.25, -0.2) is 4.79 Å². The van der Waals surface area contributed by atoms with Crippen molar-refractivity contribution in [3.63, 3.8) is 0 Å². The average molecular weight is 263 g/mol. The first kappa shape index (κ1) is 14.4. The third kappa shape index (κ3) is 3.42. The predicted molar refractivity (Wildman–Crippen MR) is 68.1 cm³/mol. The van der Waals surface area contributed by atoms with Gasteiger partial charge in [0.15, 0.2) is 0 Å². The molecule has 0 radical (unpaired) electrons. The Morgan fingerprint density at radius 1 is 1.63 bits per heavy atom. The number of nitrogens with zero attached hydrogens (tertiary/aromatic N) is 3. The summed E-state index contributed by atoms with van der Waals surface area (Å²) in [6.45, 7) is 2.05. The maximum absolute atomic E-state index is 11.1. The summed E-state index contributed by atoms with van der Waals surface area (Å²) in [6, 6.07) is 5.69. The van der Waals surface area contributed by atoms with Crippen molar-refractivity contribution in [3.05, 3.63) is 33.9 Å². The van der Waals surface area contributed by atoms with Gasteiger partial charge in [0, 0.05) is 25.7 Å². The molecule has 0 heterocycles. The van der Waals surface area contributed by atoms with Crippen molar-refractivity contribution in [1.29, 1.82) is 5.26 Å². The summed E-state index contributed by atoms with van der Waals surface area (Å²) in [5.74, 6) is -1.52. The van der Waals surface area contributed by atoms with E-state index in [1.54, 1.807) is 18.9 Å². The van der Waals surface area contributed by atoms with Gasteiger partial charge in [-0.15, -0.1) is 0 Å².